The summed E-state index contributed by atoms with van der Waals surface area (Å²) in [5.74, 6) is 0.536. The van der Waals surface area contributed by atoms with Gasteiger partial charge in [0.1, 0.15) is 6.29 Å². The third-order valence-electron chi connectivity index (χ3n) is 3.72. The number of aldehydes is 1. The minimum atomic E-state index is 0.158. The zero-order valence-electron chi connectivity index (χ0n) is 9.94. The maximum absolute atomic E-state index is 11.2. The molecule has 2 rings (SSSR count). The van der Waals surface area contributed by atoms with E-state index in [1.807, 2.05) is 6.07 Å². The van der Waals surface area contributed by atoms with Crippen molar-refractivity contribution in [3.05, 3.63) is 47.0 Å². The lowest BCUT2D eigenvalue weighted by Gasteiger charge is -2.30. The topological polar surface area (TPSA) is 17.1 Å². The highest BCUT2D eigenvalue weighted by Crippen LogP contribution is 2.39. The molecule has 0 N–H and O–H groups in total. The van der Waals surface area contributed by atoms with Gasteiger partial charge in [-0.05, 0) is 38.2 Å². The minimum absolute atomic E-state index is 0.158. The second-order valence-corrected chi connectivity index (χ2v) is 4.79. The van der Waals surface area contributed by atoms with Gasteiger partial charge in [-0.2, -0.15) is 0 Å². The first kappa shape index (κ1) is 11.1. The van der Waals surface area contributed by atoms with Crippen molar-refractivity contribution in [1.82, 2.24) is 0 Å². The third-order valence-corrected chi connectivity index (χ3v) is 3.72. The van der Waals surface area contributed by atoms with Gasteiger partial charge in [-0.1, -0.05) is 41.5 Å². The van der Waals surface area contributed by atoms with Crippen LogP contribution in [0.25, 0.3) is 0 Å². The highest BCUT2D eigenvalue weighted by Gasteiger charge is 2.27. The molecule has 0 amide bonds. The zero-order valence-corrected chi connectivity index (χ0v) is 9.94. The van der Waals surface area contributed by atoms with Crippen LogP contribution >= 0.6 is 0 Å². The van der Waals surface area contributed by atoms with E-state index in [4.69, 9.17) is 0 Å². The van der Waals surface area contributed by atoms with Crippen LogP contribution < -0.4 is 0 Å². The lowest BCUT2D eigenvalue weighted by molar-refractivity contribution is -0.111. The van der Waals surface area contributed by atoms with Gasteiger partial charge in [0.25, 0.3) is 0 Å². The molecule has 1 aliphatic carbocycles. The fraction of sp³-hybridized carbons (Fsp3) is 0.400. The van der Waals surface area contributed by atoms with Crippen LogP contribution in [-0.2, 0) is 4.79 Å². The molecule has 1 heteroatoms. The Hall–Kier alpha value is -1.37. The average molecular weight is 214 g/mol. The fourth-order valence-electron chi connectivity index (χ4n) is 2.53. The molecule has 1 nitrogen and oxygen atoms in total. The Bertz CT molecular complexity index is 403. The van der Waals surface area contributed by atoms with Crippen molar-refractivity contribution in [3.8, 4) is 0 Å². The van der Waals surface area contributed by atoms with Crippen molar-refractivity contribution >= 4 is 6.29 Å². The molecule has 0 radical (unpaired) electrons. The first-order valence-electron chi connectivity index (χ1n) is 5.88. The molecule has 0 saturated heterocycles. The lowest BCUT2D eigenvalue weighted by Crippen LogP contribution is -2.20. The van der Waals surface area contributed by atoms with Crippen LogP contribution in [-0.4, -0.2) is 6.29 Å². The van der Waals surface area contributed by atoms with E-state index in [1.165, 1.54) is 16.7 Å². The van der Waals surface area contributed by atoms with E-state index in [2.05, 4.69) is 38.1 Å². The average Bonchev–Trinajstić information content (AvgIpc) is 2.33. The molecule has 0 aromatic heterocycles. The number of benzene rings is 1. The number of hydrogen-bond acceptors (Lipinski definition) is 1. The Morgan fingerprint density at radius 1 is 1.06 bits per heavy atom. The van der Waals surface area contributed by atoms with Gasteiger partial charge in [0, 0.05) is 5.92 Å². The van der Waals surface area contributed by atoms with Crippen molar-refractivity contribution in [1.29, 1.82) is 0 Å². The molecule has 2 atom stereocenters. The molecule has 1 aliphatic rings. The van der Waals surface area contributed by atoms with E-state index in [-0.39, 0.29) is 5.92 Å². The van der Waals surface area contributed by atoms with E-state index in [0.717, 1.165) is 19.1 Å². The standard InChI is InChI=1S/C15H18O/c1-11-8-14(10-16)15(9-12(11)2)13-6-4-3-5-7-13/h3-7,10,14-15H,8-9H2,1-2H3. The van der Waals surface area contributed by atoms with Crippen LogP contribution in [0.15, 0.2) is 41.5 Å². The first-order chi connectivity index (χ1) is 7.72. The van der Waals surface area contributed by atoms with E-state index in [9.17, 15) is 4.79 Å². The largest absolute Gasteiger partial charge is 0.303 e. The summed E-state index contributed by atoms with van der Waals surface area (Å²) in [5.41, 5.74) is 4.14. The molecule has 0 heterocycles. The summed E-state index contributed by atoms with van der Waals surface area (Å²) in [7, 11) is 0. The van der Waals surface area contributed by atoms with Gasteiger partial charge in [-0.15, -0.1) is 0 Å². The van der Waals surface area contributed by atoms with Crippen molar-refractivity contribution in [2.24, 2.45) is 5.92 Å². The highest BCUT2D eigenvalue weighted by molar-refractivity contribution is 5.58. The first-order valence-corrected chi connectivity index (χ1v) is 5.88. The zero-order chi connectivity index (χ0) is 11.5. The molecule has 1 aromatic carbocycles. The maximum atomic E-state index is 11.2. The Balaban J connectivity index is 2.31. The van der Waals surface area contributed by atoms with Crippen LogP contribution in [0.4, 0.5) is 0 Å². The second kappa shape index (κ2) is 4.65. The molecule has 0 bridgehead atoms. The third kappa shape index (κ3) is 2.08. The van der Waals surface area contributed by atoms with Gasteiger partial charge in [-0.25, -0.2) is 0 Å². The van der Waals surface area contributed by atoms with Gasteiger partial charge in [-0.3, -0.25) is 0 Å². The van der Waals surface area contributed by atoms with Crippen molar-refractivity contribution in [3.63, 3.8) is 0 Å². The SMILES string of the molecule is CC1=C(C)CC(c2ccccc2)C(C=O)C1. The molecule has 2 unspecified atom stereocenters. The summed E-state index contributed by atoms with van der Waals surface area (Å²) in [6.07, 6.45) is 3.09. The smallest absolute Gasteiger partial charge is 0.124 e. The number of allylic oxidation sites excluding steroid dienone is 2. The monoisotopic (exact) mass is 214 g/mol. The number of carbonyl (C=O) groups excluding carboxylic acids is 1. The molecule has 0 saturated carbocycles. The number of rotatable bonds is 2. The van der Waals surface area contributed by atoms with E-state index >= 15 is 0 Å². The molecule has 1 aromatic rings. The summed E-state index contributed by atoms with van der Waals surface area (Å²) in [5, 5.41) is 0. The van der Waals surface area contributed by atoms with Gasteiger partial charge in [0.15, 0.2) is 0 Å². The molecular formula is C15H18O. The summed E-state index contributed by atoms with van der Waals surface area (Å²) in [6.45, 7) is 4.33. The van der Waals surface area contributed by atoms with Crippen LogP contribution in [0.5, 0.6) is 0 Å². The Kier molecular flexibility index (Phi) is 3.23. The molecule has 84 valence electrons. The van der Waals surface area contributed by atoms with E-state index in [0.29, 0.717) is 5.92 Å². The summed E-state index contributed by atoms with van der Waals surface area (Å²) >= 11 is 0. The van der Waals surface area contributed by atoms with Gasteiger partial charge in [0.05, 0.1) is 0 Å². The van der Waals surface area contributed by atoms with E-state index in [1.54, 1.807) is 0 Å². The van der Waals surface area contributed by atoms with Gasteiger partial charge < -0.3 is 4.79 Å². The predicted octanol–water partition coefficient (Wildman–Crippen LogP) is 3.72. The Morgan fingerprint density at radius 2 is 1.69 bits per heavy atom. The molecular weight excluding hydrogens is 196 g/mol. The van der Waals surface area contributed by atoms with Crippen molar-refractivity contribution in [2.75, 3.05) is 0 Å². The summed E-state index contributed by atoms with van der Waals surface area (Å²) < 4.78 is 0. The van der Waals surface area contributed by atoms with Crippen molar-refractivity contribution < 1.29 is 4.79 Å². The van der Waals surface area contributed by atoms with Gasteiger partial charge in [0.2, 0.25) is 0 Å². The lowest BCUT2D eigenvalue weighted by atomic mass is 9.74. The predicted molar refractivity (Wildman–Crippen MR) is 66.3 cm³/mol. The maximum Gasteiger partial charge on any atom is 0.124 e. The minimum Gasteiger partial charge on any atom is -0.303 e. The summed E-state index contributed by atoms with van der Waals surface area (Å²) in [4.78, 5) is 11.2. The molecule has 0 aliphatic heterocycles. The molecule has 0 fully saturated rings. The molecule has 0 spiro atoms. The highest BCUT2D eigenvalue weighted by atomic mass is 16.1. The van der Waals surface area contributed by atoms with Crippen LogP contribution in [0.1, 0.15) is 38.2 Å². The fourth-order valence-corrected chi connectivity index (χ4v) is 2.53. The summed E-state index contributed by atoms with van der Waals surface area (Å²) in [6, 6.07) is 10.4. The number of carbonyl (C=O) groups is 1. The van der Waals surface area contributed by atoms with E-state index < -0.39 is 0 Å². The second-order valence-electron chi connectivity index (χ2n) is 4.79. The van der Waals surface area contributed by atoms with Crippen LogP contribution in [0, 0.1) is 5.92 Å². The normalized spacial score (nSPS) is 25.6. The van der Waals surface area contributed by atoms with Crippen LogP contribution in [0.3, 0.4) is 0 Å². The van der Waals surface area contributed by atoms with Crippen LogP contribution in [0.2, 0.25) is 0 Å². The Labute approximate surface area is 97.2 Å². The van der Waals surface area contributed by atoms with Crippen molar-refractivity contribution in [2.45, 2.75) is 32.6 Å². The quantitative estimate of drug-likeness (QED) is 0.541. The number of hydrogen-bond donors (Lipinski definition) is 0. The molecule has 16 heavy (non-hydrogen) atoms. The Morgan fingerprint density at radius 3 is 2.31 bits per heavy atom. The van der Waals surface area contributed by atoms with Gasteiger partial charge >= 0.3 is 0 Å².